The monoisotopic (exact) mass is 361 g/mol. The van der Waals surface area contributed by atoms with Gasteiger partial charge in [-0.1, -0.05) is 30.3 Å². The Bertz CT molecular complexity index is 437. The van der Waals surface area contributed by atoms with E-state index in [2.05, 4.69) is 47.6 Å². The number of piperidine rings is 1. The van der Waals surface area contributed by atoms with Gasteiger partial charge in [0.2, 0.25) is 5.91 Å². The molecule has 1 aromatic rings. The van der Waals surface area contributed by atoms with Crippen molar-refractivity contribution in [1.29, 1.82) is 0 Å². The SMILES string of the molecule is CNCC(=O)N1CCC(N(C)CCc2ccccc2)CC1.Cl.Cl. The average Bonchev–Trinajstić information content (AvgIpc) is 2.54. The zero-order valence-electron chi connectivity index (χ0n) is 14.0. The first-order valence-corrected chi connectivity index (χ1v) is 7.87. The third kappa shape index (κ3) is 7.08. The summed E-state index contributed by atoms with van der Waals surface area (Å²) in [6.45, 7) is 3.31. The van der Waals surface area contributed by atoms with E-state index in [1.807, 2.05) is 11.9 Å². The molecule has 0 saturated carbocycles. The van der Waals surface area contributed by atoms with E-state index >= 15 is 0 Å². The number of rotatable bonds is 6. The molecular formula is C17H29Cl2N3O. The van der Waals surface area contributed by atoms with Crippen molar-refractivity contribution in [2.75, 3.05) is 40.3 Å². The Labute approximate surface area is 152 Å². The van der Waals surface area contributed by atoms with Crippen LogP contribution in [0.4, 0.5) is 0 Å². The molecule has 6 heteroatoms. The Morgan fingerprint density at radius 2 is 1.83 bits per heavy atom. The largest absolute Gasteiger partial charge is 0.341 e. The van der Waals surface area contributed by atoms with Gasteiger partial charge in [0.15, 0.2) is 0 Å². The van der Waals surface area contributed by atoms with Crippen molar-refractivity contribution < 1.29 is 4.79 Å². The molecule has 23 heavy (non-hydrogen) atoms. The number of hydrogen-bond acceptors (Lipinski definition) is 3. The lowest BCUT2D eigenvalue weighted by Crippen LogP contribution is -2.47. The fourth-order valence-electron chi connectivity index (χ4n) is 2.95. The zero-order chi connectivity index (χ0) is 15.1. The van der Waals surface area contributed by atoms with Gasteiger partial charge in [-0.2, -0.15) is 0 Å². The maximum absolute atomic E-state index is 11.8. The molecule has 1 fully saturated rings. The van der Waals surface area contributed by atoms with Gasteiger partial charge in [0.05, 0.1) is 6.54 Å². The number of benzene rings is 1. The minimum absolute atomic E-state index is 0. The first-order valence-electron chi connectivity index (χ1n) is 7.87. The van der Waals surface area contributed by atoms with Crippen LogP contribution >= 0.6 is 24.8 Å². The van der Waals surface area contributed by atoms with Gasteiger partial charge in [-0.25, -0.2) is 0 Å². The number of amides is 1. The van der Waals surface area contributed by atoms with E-state index in [9.17, 15) is 4.79 Å². The Morgan fingerprint density at radius 3 is 2.39 bits per heavy atom. The summed E-state index contributed by atoms with van der Waals surface area (Å²) in [6.07, 6.45) is 3.26. The van der Waals surface area contributed by atoms with Crippen molar-refractivity contribution in [2.45, 2.75) is 25.3 Å². The Hall–Kier alpha value is -0.810. The van der Waals surface area contributed by atoms with Gasteiger partial charge >= 0.3 is 0 Å². The van der Waals surface area contributed by atoms with E-state index in [1.54, 1.807) is 0 Å². The summed E-state index contributed by atoms with van der Waals surface area (Å²) < 4.78 is 0. The lowest BCUT2D eigenvalue weighted by atomic mass is 10.0. The van der Waals surface area contributed by atoms with Gasteiger partial charge in [0.25, 0.3) is 0 Å². The second-order valence-corrected chi connectivity index (χ2v) is 5.86. The summed E-state index contributed by atoms with van der Waals surface area (Å²) in [5.74, 6) is 0.225. The van der Waals surface area contributed by atoms with Crippen molar-refractivity contribution in [3.8, 4) is 0 Å². The number of carbonyl (C=O) groups is 1. The average molecular weight is 362 g/mol. The molecule has 0 radical (unpaired) electrons. The van der Waals surface area contributed by atoms with Crippen molar-refractivity contribution in [3.05, 3.63) is 35.9 Å². The number of likely N-dealkylation sites (tertiary alicyclic amines) is 1. The standard InChI is InChI=1S/C17H27N3O.2ClH/c1-18-14-17(21)20-12-9-16(10-13-20)19(2)11-8-15-6-4-3-5-7-15;;/h3-7,16,18H,8-14H2,1-2H3;2*1H. The minimum Gasteiger partial charge on any atom is -0.341 e. The lowest BCUT2D eigenvalue weighted by Gasteiger charge is -2.36. The number of likely N-dealkylation sites (N-methyl/N-ethyl adjacent to an activating group) is 2. The van der Waals surface area contributed by atoms with Crippen LogP contribution in [0.15, 0.2) is 30.3 Å². The molecule has 4 nitrogen and oxygen atoms in total. The highest BCUT2D eigenvalue weighted by Crippen LogP contribution is 2.16. The van der Waals surface area contributed by atoms with Crippen LogP contribution in [0, 0.1) is 0 Å². The predicted molar refractivity (Wildman–Crippen MR) is 101 cm³/mol. The van der Waals surface area contributed by atoms with Crippen LogP contribution in [0.5, 0.6) is 0 Å². The predicted octanol–water partition coefficient (Wildman–Crippen LogP) is 2.21. The molecule has 1 aliphatic rings. The molecule has 1 aromatic carbocycles. The highest BCUT2D eigenvalue weighted by atomic mass is 35.5. The van der Waals surface area contributed by atoms with Crippen LogP contribution in [-0.2, 0) is 11.2 Å². The third-order valence-electron chi connectivity index (χ3n) is 4.36. The van der Waals surface area contributed by atoms with Gasteiger partial charge < -0.3 is 15.1 Å². The fourth-order valence-corrected chi connectivity index (χ4v) is 2.95. The summed E-state index contributed by atoms with van der Waals surface area (Å²) in [5.41, 5.74) is 1.39. The zero-order valence-corrected chi connectivity index (χ0v) is 15.7. The highest BCUT2D eigenvalue weighted by Gasteiger charge is 2.24. The summed E-state index contributed by atoms with van der Waals surface area (Å²) in [6, 6.07) is 11.2. The molecule has 0 bridgehead atoms. The molecule has 0 aromatic heterocycles. The molecule has 1 N–H and O–H groups in total. The first-order chi connectivity index (χ1) is 10.2. The number of nitrogens with zero attached hydrogens (tertiary/aromatic N) is 2. The summed E-state index contributed by atoms with van der Waals surface area (Å²) in [4.78, 5) is 16.3. The smallest absolute Gasteiger partial charge is 0.236 e. The van der Waals surface area contributed by atoms with Crippen molar-refractivity contribution in [1.82, 2.24) is 15.1 Å². The van der Waals surface area contributed by atoms with E-state index in [0.29, 0.717) is 12.6 Å². The summed E-state index contributed by atoms with van der Waals surface area (Å²) in [5, 5.41) is 2.94. The van der Waals surface area contributed by atoms with Gasteiger partial charge in [0.1, 0.15) is 0 Å². The van der Waals surface area contributed by atoms with Crippen LogP contribution in [0.1, 0.15) is 18.4 Å². The first kappa shape index (κ1) is 22.2. The van der Waals surface area contributed by atoms with E-state index < -0.39 is 0 Å². The van der Waals surface area contributed by atoms with Crippen molar-refractivity contribution >= 4 is 30.7 Å². The van der Waals surface area contributed by atoms with Gasteiger partial charge in [-0.3, -0.25) is 4.79 Å². The topological polar surface area (TPSA) is 35.6 Å². The Kier molecular flexibility index (Phi) is 11.3. The molecule has 0 aliphatic carbocycles. The van der Waals surface area contributed by atoms with E-state index in [-0.39, 0.29) is 30.7 Å². The van der Waals surface area contributed by atoms with Gasteiger partial charge in [0, 0.05) is 25.7 Å². The highest BCUT2D eigenvalue weighted by molar-refractivity contribution is 5.85. The normalized spacial score (nSPS) is 15.0. The maximum Gasteiger partial charge on any atom is 0.236 e. The molecule has 0 atom stereocenters. The molecule has 0 spiro atoms. The number of nitrogens with one attached hydrogen (secondary N) is 1. The second kappa shape index (κ2) is 11.7. The molecule has 2 rings (SSSR count). The number of halogens is 2. The molecule has 132 valence electrons. The molecule has 1 amide bonds. The lowest BCUT2D eigenvalue weighted by molar-refractivity contribution is -0.131. The van der Waals surface area contributed by atoms with Gasteiger partial charge in [-0.15, -0.1) is 24.8 Å². The fraction of sp³-hybridized carbons (Fsp3) is 0.588. The molecule has 1 aliphatic heterocycles. The Balaban J connectivity index is 0.00000242. The minimum atomic E-state index is 0. The van der Waals surface area contributed by atoms with Crippen LogP contribution < -0.4 is 5.32 Å². The van der Waals surface area contributed by atoms with E-state index in [1.165, 1.54) is 5.56 Å². The molecule has 1 saturated heterocycles. The van der Waals surface area contributed by atoms with Crippen molar-refractivity contribution in [3.63, 3.8) is 0 Å². The molecule has 1 heterocycles. The van der Waals surface area contributed by atoms with E-state index in [0.717, 1.165) is 38.9 Å². The second-order valence-electron chi connectivity index (χ2n) is 5.86. The number of carbonyl (C=O) groups excluding carboxylic acids is 1. The van der Waals surface area contributed by atoms with Crippen LogP contribution in [0.25, 0.3) is 0 Å². The van der Waals surface area contributed by atoms with Crippen LogP contribution in [0.2, 0.25) is 0 Å². The summed E-state index contributed by atoms with van der Waals surface area (Å²) >= 11 is 0. The van der Waals surface area contributed by atoms with Crippen LogP contribution in [0.3, 0.4) is 0 Å². The quantitative estimate of drug-likeness (QED) is 0.843. The molecule has 0 unspecified atom stereocenters. The van der Waals surface area contributed by atoms with Crippen molar-refractivity contribution in [2.24, 2.45) is 0 Å². The van der Waals surface area contributed by atoms with Gasteiger partial charge in [-0.05, 0) is 38.9 Å². The maximum atomic E-state index is 11.8. The van der Waals surface area contributed by atoms with E-state index in [4.69, 9.17) is 0 Å². The number of hydrogen-bond donors (Lipinski definition) is 1. The van der Waals surface area contributed by atoms with Crippen LogP contribution in [-0.4, -0.2) is 62.0 Å². The molecular weight excluding hydrogens is 333 g/mol. The third-order valence-corrected chi connectivity index (χ3v) is 4.36. The Morgan fingerprint density at radius 1 is 1.22 bits per heavy atom. The summed E-state index contributed by atoms with van der Waals surface area (Å²) in [7, 11) is 4.03.